The Kier molecular flexibility index (Phi) is 9.66. The van der Waals surface area contributed by atoms with Gasteiger partial charge in [-0.3, -0.25) is 9.59 Å². The maximum Gasteiger partial charge on any atom is 0.243 e. The van der Waals surface area contributed by atoms with Gasteiger partial charge in [-0.05, 0) is 42.9 Å². The molecule has 2 amide bonds. The average Bonchev–Trinajstić information content (AvgIpc) is 2.81. The molecule has 0 spiro atoms. The van der Waals surface area contributed by atoms with Gasteiger partial charge in [0.2, 0.25) is 11.8 Å². The SMILES string of the molecule is CC[C@@H](C(=O)NC1CCCCC1)N(Cc1ccccc1)C(=O)CSCc1ccccc1C. The lowest BCUT2D eigenvalue weighted by atomic mass is 9.95. The minimum absolute atomic E-state index is 0.00687. The largest absolute Gasteiger partial charge is 0.352 e. The van der Waals surface area contributed by atoms with Crippen LogP contribution in [0.2, 0.25) is 0 Å². The first-order chi connectivity index (χ1) is 15.6. The smallest absolute Gasteiger partial charge is 0.243 e. The summed E-state index contributed by atoms with van der Waals surface area (Å²) in [4.78, 5) is 28.3. The van der Waals surface area contributed by atoms with Crippen molar-refractivity contribution in [2.45, 2.75) is 76.8 Å². The topological polar surface area (TPSA) is 49.4 Å². The quantitative estimate of drug-likeness (QED) is 0.519. The van der Waals surface area contributed by atoms with Crippen LogP contribution in [0, 0.1) is 6.92 Å². The van der Waals surface area contributed by atoms with Gasteiger partial charge in [-0.15, -0.1) is 11.8 Å². The Balaban J connectivity index is 1.68. The number of carbonyl (C=O) groups is 2. The molecule has 1 saturated carbocycles. The minimum atomic E-state index is -0.441. The van der Waals surface area contributed by atoms with Crippen molar-refractivity contribution in [1.82, 2.24) is 10.2 Å². The number of nitrogens with one attached hydrogen (secondary N) is 1. The van der Waals surface area contributed by atoms with Gasteiger partial charge >= 0.3 is 0 Å². The lowest BCUT2D eigenvalue weighted by Gasteiger charge is -2.32. The van der Waals surface area contributed by atoms with Crippen LogP contribution < -0.4 is 5.32 Å². The predicted molar refractivity (Wildman–Crippen MR) is 133 cm³/mol. The number of hydrogen-bond acceptors (Lipinski definition) is 3. The minimum Gasteiger partial charge on any atom is -0.352 e. The summed E-state index contributed by atoms with van der Waals surface area (Å²) in [6, 6.07) is 18.1. The number of thioether (sulfide) groups is 1. The number of amides is 2. The highest BCUT2D eigenvalue weighted by Gasteiger charge is 2.30. The van der Waals surface area contributed by atoms with Crippen LogP contribution in [-0.4, -0.2) is 34.6 Å². The molecular weight excluding hydrogens is 416 g/mol. The number of carbonyl (C=O) groups excluding carboxylic acids is 2. The molecule has 0 aromatic heterocycles. The van der Waals surface area contributed by atoms with Crippen molar-refractivity contribution in [3.8, 4) is 0 Å². The lowest BCUT2D eigenvalue weighted by molar-refractivity contribution is -0.139. The molecule has 0 saturated heterocycles. The lowest BCUT2D eigenvalue weighted by Crippen LogP contribution is -2.52. The van der Waals surface area contributed by atoms with Crippen LogP contribution in [-0.2, 0) is 21.9 Å². The van der Waals surface area contributed by atoms with Crippen LogP contribution in [0.5, 0.6) is 0 Å². The van der Waals surface area contributed by atoms with Crippen LogP contribution >= 0.6 is 11.8 Å². The van der Waals surface area contributed by atoms with Crippen LogP contribution in [0.4, 0.5) is 0 Å². The molecule has 3 rings (SSSR count). The highest BCUT2D eigenvalue weighted by atomic mass is 32.2. The van der Waals surface area contributed by atoms with Crippen LogP contribution in [0.25, 0.3) is 0 Å². The van der Waals surface area contributed by atoms with Gasteiger partial charge in [0.05, 0.1) is 5.75 Å². The number of aryl methyl sites for hydroxylation is 1. The Bertz CT molecular complexity index is 865. The highest BCUT2D eigenvalue weighted by molar-refractivity contribution is 7.99. The fraction of sp³-hybridized carbons (Fsp3) is 0.481. The molecule has 32 heavy (non-hydrogen) atoms. The van der Waals surface area contributed by atoms with Crippen molar-refractivity contribution in [1.29, 1.82) is 0 Å². The molecule has 0 unspecified atom stereocenters. The third-order valence-corrected chi connectivity index (χ3v) is 7.24. The van der Waals surface area contributed by atoms with E-state index in [1.54, 1.807) is 16.7 Å². The Hall–Kier alpha value is -2.27. The monoisotopic (exact) mass is 452 g/mol. The van der Waals surface area contributed by atoms with E-state index in [2.05, 4.69) is 24.4 Å². The van der Waals surface area contributed by atoms with E-state index in [0.29, 0.717) is 18.7 Å². The molecule has 0 heterocycles. The van der Waals surface area contributed by atoms with Gasteiger partial charge in [0.15, 0.2) is 0 Å². The summed E-state index contributed by atoms with van der Waals surface area (Å²) in [6.45, 7) is 4.56. The van der Waals surface area contributed by atoms with E-state index < -0.39 is 6.04 Å². The number of benzene rings is 2. The summed E-state index contributed by atoms with van der Waals surface area (Å²) in [7, 11) is 0. The molecule has 1 atom stereocenters. The van der Waals surface area contributed by atoms with Crippen LogP contribution in [0.15, 0.2) is 54.6 Å². The standard InChI is InChI=1S/C27H36N2O2S/c1-3-25(27(31)28-24-16-8-5-9-17-24)29(18-22-13-6-4-7-14-22)26(30)20-32-19-23-15-11-10-12-21(23)2/h4,6-7,10-15,24-25H,3,5,8-9,16-20H2,1-2H3,(H,28,31)/t25-/m0/s1. The second kappa shape index (κ2) is 12.7. The number of nitrogens with zero attached hydrogens (tertiary/aromatic N) is 1. The fourth-order valence-electron chi connectivity index (χ4n) is 4.35. The molecule has 1 N–H and O–H groups in total. The van der Waals surface area contributed by atoms with Gasteiger partial charge in [-0.2, -0.15) is 0 Å². The van der Waals surface area contributed by atoms with Crippen LogP contribution in [0.3, 0.4) is 0 Å². The molecule has 2 aromatic carbocycles. The van der Waals surface area contributed by atoms with Crippen molar-refractivity contribution in [3.05, 3.63) is 71.3 Å². The molecule has 0 bridgehead atoms. The molecule has 1 aliphatic carbocycles. The summed E-state index contributed by atoms with van der Waals surface area (Å²) in [6.07, 6.45) is 6.29. The number of hydrogen-bond donors (Lipinski definition) is 1. The maximum absolute atomic E-state index is 13.3. The van der Waals surface area contributed by atoms with Crippen LogP contribution in [0.1, 0.15) is 62.1 Å². The van der Waals surface area contributed by atoms with E-state index >= 15 is 0 Å². The fourth-order valence-corrected chi connectivity index (χ4v) is 5.33. The van der Waals surface area contributed by atoms with Gasteiger partial charge in [-0.1, -0.05) is 80.8 Å². The second-order valence-corrected chi connectivity index (χ2v) is 9.68. The predicted octanol–water partition coefficient (Wildman–Crippen LogP) is 5.48. The van der Waals surface area contributed by atoms with E-state index in [1.165, 1.54) is 30.4 Å². The van der Waals surface area contributed by atoms with Gasteiger partial charge in [0.25, 0.3) is 0 Å². The Morgan fingerprint density at radius 1 is 1.03 bits per heavy atom. The normalized spacial score (nSPS) is 15.2. The van der Waals surface area contributed by atoms with Gasteiger partial charge < -0.3 is 10.2 Å². The molecular formula is C27H36N2O2S. The van der Waals surface area contributed by atoms with Gasteiger partial charge in [-0.25, -0.2) is 0 Å². The molecule has 1 fully saturated rings. The molecule has 172 valence electrons. The Labute approximate surface area is 197 Å². The first kappa shape index (κ1) is 24.4. The molecule has 0 radical (unpaired) electrons. The summed E-state index contributed by atoms with van der Waals surface area (Å²) in [5, 5.41) is 3.24. The third kappa shape index (κ3) is 7.13. The number of rotatable bonds is 10. The van der Waals surface area contributed by atoms with Crippen molar-refractivity contribution < 1.29 is 9.59 Å². The Morgan fingerprint density at radius 2 is 1.72 bits per heavy atom. The third-order valence-electron chi connectivity index (χ3n) is 6.28. The van der Waals surface area contributed by atoms with Crippen molar-refractivity contribution in [3.63, 3.8) is 0 Å². The van der Waals surface area contributed by atoms with Crippen molar-refractivity contribution in [2.75, 3.05) is 5.75 Å². The van der Waals surface area contributed by atoms with Crippen molar-refractivity contribution >= 4 is 23.6 Å². The first-order valence-electron chi connectivity index (χ1n) is 11.8. The zero-order chi connectivity index (χ0) is 22.8. The van der Waals surface area contributed by atoms with Gasteiger partial charge in [0.1, 0.15) is 6.04 Å². The van der Waals surface area contributed by atoms with E-state index in [0.717, 1.165) is 24.2 Å². The van der Waals surface area contributed by atoms with E-state index in [9.17, 15) is 9.59 Å². The summed E-state index contributed by atoms with van der Waals surface area (Å²) in [5.74, 6) is 1.18. The van der Waals surface area contributed by atoms with E-state index in [1.807, 2.05) is 49.4 Å². The molecule has 1 aliphatic rings. The summed E-state index contributed by atoms with van der Waals surface area (Å²) in [5.41, 5.74) is 3.54. The average molecular weight is 453 g/mol. The van der Waals surface area contributed by atoms with Gasteiger partial charge in [0, 0.05) is 18.3 Å². The zero-order valence-corrected chi connectivity index (χ0v) is 20.2. The second-order valence-electron chi connectivity index (χ2n) is 8.69. The zero-order valence-electron chi connectivity index (χ0n) is 19.4. The van der Waals surface area contributed by atoms with E-state index in [-0.39, 0.29) is 17.9 Å². The first-order valence-corrected chi connectivity index (χ1v) is 13.0. The highest BCUT2D eigenvalue weighted by Crippen LogP contribution is 2.21. The molecule has 0 aliphatic heterocycles. The van der Waals surface area contributed by atoms with Crippen molar-refractivity contribution in [2.24, 2.45) is 0 Å². The summed E-state index contributed by atoms with van der Waals surface area (Å²) >= 11 is 1.62. The summed E-state index contributed by atoms with van der Waals surface area (Å²) < 4.78 is 0. The van der Waals surface area contributed by atoms with E-state index in [4.69, 9.17) is 0 Å². The Morgan fingerprint density at radius 3 is 2.41 bits per heavy atom. The molecule has 5 heteroatoms. The molecule has 2 aromatic rings. The maximum atomic E-state index is 13.3. The molecule has 4 nitrogen and oxygen atoms in total.